The van der Waals surface area contributed by atoms with Gasteiger partial charge in [0.05, 0.1) is 0 Å². The minimum atomic E-state index is -0.425. The van der Waals surface area contributed by atoms with Crippen LogP contribution in [0.3, 0.4) is 0 Å². The Kier molecular flexibility index (Phi) is 7.15. The molecule has 134 valence electrons. The summed E-state index contributed by atoms with van der Waals surface area (Å²) in [7, 11) is 0. The maximum atomic E-state index is 11.8. The zero-order valence-corrected chi connectivity index (χ0v) is 15.2. The van der Waals surface area contributed by atoms with E-state index < -0.39 is 5.60 Å². The number of nitrogens with zero attached hydrogens (tertiary/aromatic N) is 1. The first kappa shape index (κ1) is 18.5. The van der Waals surface area contributed by atoms with Crippen molar-refractivity contribution in [1.82, 2.24) is 15.5 Å². The molecule has 2 unspecified atom stereocenters. The van der Waals surface area contributed by atoms with Gasteiger partial charge in [-0.3, -0.25) is 0 Å². The van der Waals surface area contributed by atoms with Gasteiger partial charge in [-0.15, -0.1) is 0 Å². The number of nitrogens with one attached hydrogen (secondary N) is 2. The van der Waals surface area contributed by atoms with Crippen LogP contribution in [0.15, 0.2) is 0 Å². The summed E-state index contributed by atoms with van der Waals surface area (Å²) in [6, 6.07) is 0.537. The summed E-state index contributed by atoms with van der Waals surface area (Å²) in [5, 5.41) is 6.66. The second-order valence-electron chi connectivity index (χ2n) is 8.04. The summed E-state index contributed by atoms with van der Waals surface area (Å²) >= 11 is 0. The Morgan fingerprint density at radius 2 is 1.87 bits per heavy atom. The SMILES string of the molecule is CC(C)(C)OC(=O)NCC1CCCC1NCCN1CCCCC1. The maximum Gasteiger partial charge on any atom is 0.407 e. The number of likely N-dealkylation sites (tertiary alicyclic amines) is 1. The Morgan fingerprint density at radius 1 is 1.13 bits per heavy atom. The van der Waals surface area contributed by atoms with E-state index >= 15 is 0 Å². The number of piperidine rings is 1. The van der Waals surface area contributed by atoms with Crippen molar-refractivity contribution in [2.75, 3.05) is 32.7 Å². The third kappa shape index (κ3) is 7.08. The number of rotatable bonds is 6. The number of hydrogen-bond donors (Lipinski definition) is 2. The van der Waals surface area contributed by atoms with E-state index in [2.05, 4.69) is 15.5 Å². The van der Waals surface area contributed by atoms with Crippen molar-refractivity contribution in [2.24, 2.45) is 5.92 Å². The molecule has 0 bridgehead atoms. The number of alkyl carbamates (subject to hydrolysis) is 1. The lowest BCUT2D eigenvalue weighted by Crippen LogP contribution is -2.43. The highest BCUT2D eigenvalue weighted by Crippen LogP contribution is 2.25. The van der Waals surface area contributed by atoms with Gasteiger partial charge < -0.3 is 20.3 Å². The van der Waals surface area contributed by atoms with E-state index in [1.54, 1.807) is 0 Å². The number of carbonyl (C=O) groups excluding carboxylic acids is 1. The van der Waals surface area contributed by atoms with Gasteiger partial charge >= 0.3 is 6.09 Å². The van der Waals surface area contributed by atoms with Crippen molar-refractivity contribution >= 4 is 6.09 Å². The second kappa shape index (κ2) is 8.88. The molecule has 2 aliphatic rings. The fourth-order valence-corrected chi connectivity index (χ4v) is 3.67. The molecule has 1 saturated carbocycles. The van der Waals surface area contributed by atoms with Gasteiger partial charge in [-0.2, -0.15) is 0 Å². The Labute approximate surface area is 141 Å². The summed E-state index contributed by atoms with van der Waals surface area (Å²) in [5.41, 5.74) is -0.425. The lowest BCUT2D eigenvalue weighted by molar-refractivity contribution is 0.0517. The Hall–Kier alpha value is -0.810. The van der Waals surface area contributed by atoms with Crippen molar-refractivity contribution in [1.29, 1.82) is 0 Å². The highest BCUT2D eigenvalue weighted by Gasteiger charge is 2.27. The fraction of sp³-hybridized carbons (Fsp3) is 0.944. The third-order valence-corrected chi connectivity index (χ3v) is 4.85. The highest BCUT2D eigenvalue weighted by atomic mass is 16.6. The minimum Gasteiger partial charge on any atom is -0.444 e. The predicted octanol–water partition coefficient (Wildman–Crippen LogP) is 2.76. The van der Waals surface area contributed by atoms with Crippen LogP contribution in [-0.2, 0) is 4.74 Å². The number of hydrogen-bond acceptors (Lipinski definition) is 4. The molecule has 23 heavy (non-hydrogen) atoms. The molecule has 2 rings (SSSR count). The summed E-state index contributed by atoms with van der Waals surface area (Å²) in [5.74, 6) is 0.531. The van der Waals surface area contributed by atoms with Gasteiger partial charge in [0.1, 0.15) is 5.60 Å². The van der Waals surface area contributed by atoms with E-state index in [1.807, 2.05) is 20.8 Å². The lowest BCUT2D eigenvalue weighted by Gasteiger charge is -2.28. The average Bonchev–Trinajstić information content (AvgIpc) is 2.92. The molecule has 1 saturated heterocycles. The third-order valence-electron chi connectivity index (χ3n) is 4.85. The molecule has 5 nitrogen and oxygen atoms in total. The van der Waals surface area contributed by atoms with E-state index in [1.165, 1.54) is 51.6 Å². The summed E-state index contributed by atoms with van der Waals surface area (Å²) in [6.07, 6.45) is 7.47. The molecule has 2 N–H and O–H groups in total. The second-order valence-corrected chi connectivity index (χ2v) is 8.04. The topological polar surface area (TPSA) is 53.6 Å². The molecule has 1 aliphatic carbocycles. The minimum absolute atomic E-state index is 0.295. The van der Waals surface area contributed by atoms with Crippen LogP contribution < -0.4 is 10.6 Å². The van der Waals surface area contributed by atoms with Gasteiger partial charge in [-0.25, -0.2) is 4.79 Å². The van der Waals surface area contributed by atoms with E-state index in [4.69, 9.17) is 4.74 Å². The summed E-state index contributed by atoms with van der Waals surface area (Å²) < 4.78 is 5.32. The Bertz CT molecular complexity index is 362. The zero-order valence-electron chi connectivity index (χ0n) is 15.2. The summed E-state index contributed by atoms with van der Waals surface area (Å²) in [4.78, 5) is 14.4. The number of amides is 1. The van der Waals surface area contributed by atoms with Crippen molar-refractivity contribution in [3.63, 3.8) is 0 Å². The van der Waals surface area contributed by atoms with E-state index in [0.717, 1.165) is 19.6 Å². The normalized spacial score (nSPS) is 26.2. The molecule has 0 aromatic carbocycles. The lowest BCUT2D eigenvalue weighted by atomic mass is 10.0. The van der Waals surface area contributed by atoms with Crippen LogP contribution in [0.1, 0.15) is 59.3 Å². The van der Waals surface area contributed by atoms with E-state index in [9.17, 15) is 4.79 Å². The quantitative estimate of drug-likeness (QED) is 0.788. The van der Waals surface area contributed by atoms with E-state index in [0.29, 0.717) is 12.0 Å². The molecular weight excluding hydrogens is 290 g/mol. The zero-order chi connectivity index (χ0) is 16.7. The highest BCUT2D eigenvalue weighted by molar-refractivity contribution is 5.67. The van der Waals surface area contributed by atoms with Crippen LogP contribution in [0.4, 0.5) is 4.79 Å². The molecule has 0 aromatic heterocycles. The van der Waals surface area contributed by atoms with Gasteiger partial charge in [0.25, 0.3) is 0 Å². The molecule has 0 radical (unpaired) electrons. The molecule has 0 spiro atoms. The van der Waals surface area contributed by atoms with Crippen LogP contribution in [-0.4, -0.2) is 55.4 Å². The molecule has 2 atom stereocenters. The molecule has 0 aromatic rings. The first-order valence-corrected chi connectivity index (χ1v) is 9.36. The largest absolute Gasteiger partial charge is 0.444 e. The van der Waals surface area contributed by atoms with E-state index in [-0.39, 0.29) is 6.09 Å². The predicted molar refractivity (Wildman–Crippen MR) is 93.7 cm³/mol. The van der Waals surface area contributed by atoms with Crippen LogP contribution in [0, 0.1) is 5.92 Å². The molecule has 5 heteroatoms. The van der Waals surface area contributed by atoms with Gasteiger partial charge in [0.15, 0.2) is 0 Å². The van der Waals surface area contributed by atoms with Gasteiger partial charge in [0.2, 0.25) is 0 Å². The fourth-order valence-electron chi connectivity index (χ4n) is 3.67. The molecular formula is C18H35N3O2. The standard InChI is InChI=1S/C18H35N3O2/c1-18(2,3)23-17(22)20-14-15-8-7-9-16(15)19-10-13-21-11-5-4-6-12-21/h15-16,19H,4-14H2,1-3H3,(H,20,22). The Morgan fingerprint density at radius 3 is 2.57 bits per heavy atom. The average molecular weight is 325 g/mol. The van der Waals surface area contributed by atoms with Crippen LogP contribution >= 0.6 is 0 Å². The molecule has 2 fully saturated rings. The van der Waals surface area contributed by atoms with Crippen LogP contribution in [0.25, 0.3) is 0 Å². The first-order valence-electron chi connectivity index (χ1n) is 9.36. The van der Waals surface area contributed by atoms with Crippen molar-refractivity contribution in [3.8, 4) is 0 Å². The Balaban J connectivity index is 1.63. The summed E-state index contributed by atoms with van der Waals surface area (Å²) in [6.45, 7) is 11.1. The maximum absolute atomic E-state index is 11.8. The van der Waals surface area contributed by atoms with Crippen molar-refractivity contribution in [3.05, 3.63) is 0 Å². The molecule has 1 amide bonds. The van der Waals surface area contributed by atoms with Crippen LogP contribution in [0.5, 0.6) is 0 Å². The smallest absolute Gasteiger partial charge is 0.407 e. The van der Waals surface area contributed by atoms with Crippen molar-refractivity contribution in [2.45, 2.75) is 70.9 Å². The molecule has 1 heterocycles. The first-order chi connectivity index (χ1) is 10.9. The number of carbonyl (C=O) groups is 1. The van der Waals surface area contributed by atoms with Crippen molar-refractivity contribution < 1.29 is 9.53 Å². The van der Waals surface area contributed by atoms with Gasteiger partial charge in [-0.05, 0) is 65.5 Å². The van der Waals surface area contributed by atoms with Gasteiger partial charge in [-0.1, -0.05) is 12.8 Å². The number of ether oxygens (including phenoxy) is 1. The van der Waals surface area contributed by atoms with Crippen LogP contribution in [0.2, 0.25) is 0 Å². The van der Waals surface area contributed by atoms with Gasteiger partial charge in [0, 0.05) is 25.7 Å². The monoisotopic (exact) mass is 325 g/mol. The molecule has 1 aliphatic heterocycles.